The molecule has 0 aliphatic carbocycles. The lowest BCUT2D eigenvalue weighted by atomic mass is 10.3. The smallest absolute Gasteiger partial charge is 0.253 e. The standard InChI is InChI=1S/C8H11N3O3S/c1-2-4(7(13)14)15-8-10-5(9)3-6(12)11-8/h3-4H,2H2,1H3,(H,13,14)(H3,9,10,11,12)/p-1/t4-/m1/s1. The lowest BCUT2D eigenvalue weighted by Crippen LogP contribution is -2.33. The van der Waals surface area contributed by atoms with Gasteiger partial charge in [0, 0.05) is 6.07 Å². The Morgan fingerprint density at radius 1 is 1.80 bits per heavy atom. The Labute approximate surface area is 89.9 Å². The number of H-pyrrole nitrogens is 1. The average molecular weight is 228 g/mol. The molecule has 0 amide bonds. The second kappa shape index (κ2) is 4.83. The molecular weight excluding hydrogens is 218 g/mol. The number of aliphatic carboxylic acids is 1. The summed E-state index contributed by atoms with van der Waals surface area (Å²) < 4.78 is 0. The maximum absolute atomic E-state index is 11.0. The fourth-order valence-corrected chi connectivity index (χ4v) is 1.79. The van der Waals surface area contributed by atoms with Crippen LogP contribution in [0.3, 0.4) is 0 Å². The Bertz CT molecular complexity index is 418. The highest BCUT2D eigenvalue weighted by molar-refractivity contribution is 8.00. The molecule has 6 nitrogen and oxygen atoms in total. The number of carboxylic acid groups (broad SMARTS) is 1. The van der Waals surface area contributed by atoms with Gasteiger partial charge in [0.1, 0.15) is 5.82 Å². The lowest BCUT2D eigenvalue weighted by molar-refractivity contribution is -0.304. The normalized spacial score (nSPS) is 12.3. The molecule has 15 heavy (non-hydrogen) atoms. The molecule has 7 heteroatoms. The second-order valence-corrected chi connectivity index (χ2v) is 4.00. The summed E-state index contributed by atoms with van der Waals surface area (Å²) in [6.45, 7) is 1.71. The summed E-state index contributed by atoms with van der Waals surface area (Å²) in [7, 11) is 0. The third kappa shape index (κ3) is 3.28. The van der Waals surface area contributed by atoms with Gasteiger partial charge in [-0.1, -0.05) is 18.7 Å². The van der Waals surface area contributed by atoms with Gasteiger partial charge in [-0.05, 0) is 6.42 Å². The van der Waals surface area contributed by atoms with Crippen molar-refractivity contribution >= 4 is 23.5 Å². The molecule has 0 aliphatic heterocycles. The van der Waals surface area contributed by atoms with Gasteiger partial charge < -0.3 is 20.6 Å². The third-order valence-corrected chi connectivity index (χ3v) is 2.85. The fourth-order valence-electron chi connectivity index (χ4n) is 0.942. The number of carbonyl (C=O) groups is 1. The molecule has 0 spiro atoms. The molecule has 1 heterocycles. The van der Waals surface area contributed by atoms with Crippen LogP contribution in [0.15, 0.2) is 16.0 Å². The monoisotopic (exact) mass is 228 g/mol. The summed E-state index contributed by atoms with van der Waals surface area (Å²) in [4.78, 5) is 27.8. The van der Waals surface area contributed by atoms with Crippen LogP contribution in [0.1, 0.15) is 13.3 Å². The second-order valence-electron chi connectivity index (χ2n) is 2.81. The summed E-state index contributed by atoms with van der Waals surface area (Å²) in [5.74, 6) is -1.12. The number of thioether (sulfide) groups is 1. The van der Waals surface area contributed by atoms with Gasteiger partial charge in [-0.15, -0.1) is 0 Å². The number of hydrogen-bond acceptors (Lipinski definition) is 6. The SMILES string of the molecule is CC[C@@H](Sc1nc(N)cc(=O)[nH]1)C(=O)[O-]. The average Bonchev–Trinajstić information content (AvgIpc) is 2.12. The highest BCUT2D eigenvalue weighted by Crippen LogP contribution is 2.20. The molecule has 1 rings (SSSR count). The van der Waals surface area contributed by atoms with E-state index in [0.29, 0.717) is 6.42 Å². The molecule has 0 saturated heterocycles. The molecule has 0 bridgehead atoms. The summed E-state index contributed by atoms with van der Waals surface area (Å²) in [5.41, 5.74) is 4.94. The van der Waals surface area contributed by atoms with Crippen molar-refractivity contribution in [2.75, 3.05) is 5.73 Å². The third-order valence-electron chi connectivity index (χ3n) is 1.63. The summed E-state index contributed by atoms with van der Waals surface area (Å²) in [6, 6.07) is 1.13. The van der Waals surface area contributed by atoms with Gasteiger partial charge in [0.05, 0.1) is 11.2 Å². The van der Waals surface area contributed by atoms with E-state index in [9.17, 15) is 14.7 Å². The molecule has 0 saturated carbocycles. The lowest BCUT2D eigenvalue weighted by Gasteiger charge is -2.14. The van der Waals surface area contributed by atoms with E-state index in [1.165, 1.54) is 0 Å². The molecule has 1 aromatic rings. The number of aromatic amines is 1. The van der Waals surface area contributed by atoms with Crippen LogP contribution in [0.2, 0.25) is 0 Å². The van der Waals surface area contributed by atoms with E-state index < -0.39 is 16.8 Å². The van der Waals surface area contributed by atoms with Gasteiger partial charge in [0.15, 0.2) is 5.16 Å². The molecule has 0 aliphatic rings. The van der Waals surface area contributed by atoms with E-state index in [1.807, 2.05) is 0 Å². The molecule has 82 valence electrons. The maximum atomic E-state index is 11.0. The van der Waals surface area contributed by atoms with Crippen molar-refractivity contribution in [2.24, 2.45) is 0 Å². The van der Waals surface area contributed by atoms with Gasteiger partial charge in [-0.25, -0.2) is 4.98 Å². The van der Waals surface area contributed by atoms with Crippen LogP contribution in [-0.4, -0.2) is 21.2 Å². The number of nitrogen functional groups attached to an aromatic ring is 1. The molecule has 1 atom stereocenters. The van der Waals surface area contributed by atoms with Crippen LogP contribution in [0.4, 0.5) is 5.82 Å². The number of nitrogens with one attached hydrogen (secondary N) is 1. The van der Waals surface area contributed by atoms with E-state index >= 15 is 0 Å². The van der Waals surface area contributed by atoms with Crippen molar-refractivity contribution in [3.63, 3.8) is 0 Å². The molecule has 0 fully saturated rings. The summed E-state index contributed by atoms with van der Waals surface area (Å²) >= 11 is 0.916. The van der Waals surface area contributed by atoms with Crippen LogP contribution < -0.4 is 16.4 Å². The van der Waals surface area contributed by atoms with Gasteiger partial charge in [-0.2, -0.15) is 0 Å². The van der Waals surface area contributed by atoms with Crippen molar-refractivity contribution in [3.05, 3.63) is 16.4 Å². The predicted octanol–water partition coefficient (Wildman–Crippen LogP) is -1.03. The van der Waals surface area contributed by atoms with E-state index in [2.05, 4.69) is 9.97 Å². The minimum absolute atomic E-state index is 0.0643. The quantitative estimate of drug-likeness (QED) is 0.503. The summed E-state index contributed by atoms with van der Waals surface area (Å²) in [6.07, 6.45) is 0.380. The molecule has 0 unspecified atom stereocenters. The molecular formula is C8H10N3O3S-. The Balaban J connectivity index is 2.88. The van der Waals surface area contributed by atoms with Crippen LogP contribution in [-0.2, 0) is 4.79 Å². The Kier molecular flexibility index (Phi) is 3.73. The van der Waals surface area contributed by atoms with E-state index in [1.54, 1.807) is 6.92 Å². The molecule has 3 N–H and O–H groups in total. The number of hydrogen-bond donors (Lipinski definition) is 2. The Hall–Kier alpha value is -1.50. The largest absolute Gasteiger partial charge is 0.549 e. The van der Waals surface area contributed by atoms with E-state index in [4.69, 9.17) is 5.73 Å². The van der Waals surface area contributed by atoms with Gasteiger partial charge >= 0.3 is 0 Å². The molecule has 0 radical (unpaired) electrons. The highest BCUT2D eigenvalue weighted by atomic mass is 32.2. The Morgan fingerprint density at radius 2 is 2.47 bits per heavy atom. The number of nitrogens with two attached hydrogens (primary N) is 1. The summed E-state index contributed by atoms with van der Waals surface area (Å²) in [5, 5.41) is 10.1. The van der Waals surface area contributed by atoms with E-state index in [0.717, 1.165) is 17.8 Å². The topological polar surface area (TPSA) is 112 Å². The van der Waals surface area contributed by atoms with Crippen molar-refractivity contribution in [1.82, 2.24) is 9.97 Å². The van der Waals surface area contributed by atoms with Crippen molar-refractivity contribution in [2.45, 2.75) is 23.8 Å². The van der Waals surface area contributed by atoms with Crippen LogP contribution in [0, 0.1) is 0 Å². The first kappa shape index (κ1) is 11.6. The van der Waals surface area contributed by atoms with Crippen LogP contribution >= 0.6 is 11.8 Å². The molecule has 1 aromatic heterocycles. The minimum Gasteiger partial charge on any atom is -0.549 e. The number of nitrogens with zero attached hydrogens (tertiary/aromatic N) is 1. The number of rotatable bonds is 4. The van der Waals surface area contributed by atoms with Crippen molar-refractivity contribution in [1.29, 1.82) is 0 Å². The number of carbonyl (C=O) groups excluding carboxylic acids is 1. The van der Waals surface area contributed by atoms with Crippen molar-refractivity contribution in [3.8, 4) is 0 Å². The van der Waals surface area contributed by atoms with Gasteiger partial charge in [-0.3, -0.25) is 4.79 Å². The Morgan fingerprint density at radius 3 is 2.93 bits per heavy atom. The number of carboxylic acids is 1. The predicted molar refractivity (Wildman–Crippen MR) is 54.2 cm³/mol. The van der Waals surface area contributed by atoms with Crippen LogP contribution in [0.5, 0.6) is 0 Å². The van der Waals surface area contributed by atoms with E-state index in [-0.39, 0.29) is 11.0 Å². The first-order valence-corrected chi connectivity index (χ1v) is 5.15. The zero-order valence-corrected chi connectivity index (χ0v) is 8.84. The fraction of sp³-hybridized carbons (Fsp3) is 0.375. The van der Waals surface area contributed by atoms with Crippen molar-refractivity contribution < 1.29 is 9.90 Å². The maximum Gasteiger partial charge on any atom is 0.253 e. The zero-order valence-electron chi connectivity index (χ0n) is 8.02. The molecule has 0 aromatic carbocycles. The zero-order chi connectivity index (χ0) is 11.4. The first-order valence-electron chi connectivity index (χ1n) is 4.27. The van der Waals surface area contributed by atoms with Gasteiger partial charge in [0.25, 0.3) is 5.56 Å². The van der Waals surface area contributed by atoms with Crippen LogP contribution in [0.25, 0.3) is 0 Å². The van der Waals surface area contributed by atoms with Gasteiger partial charge in [0.2, 0.25) is 0 Å². The first-order chi connectivity index (χ1) is 7.02. The highest BCUT2D eigenvalue weighted by Gasteiger charge is 2.11. The number of anilines is 1. The number of aromatic nitrogens is 2. The minimum atomic E-state index is -1.19.